The van der Waals surface area contributed by atoms with E-state index in [-0.39, 0.29) is 10.8 Å². The molecule has 1 heterocycles. The van der Waals surface area contributed by atoms with Gasteiger partial charge >= 0.3 is 6.03 Å². The van der Waals surface area contributed by atoms with Crippen molar-refractivity contribution in [1.82, 2.24) is 4.90 Å². The molecule has 1 atom stereocenters. The highest BCUT2D eigenvalue weighted by atomic mass is 32.2. The van der Waals surface area contributed by atoms with Gasteiger partial charge in [0, 0.05) is 40.9 Å². The Balaban J connectivity index is 1.90. The third-order valence-electron chi connectivity index (χ3n) is 3.70. The van der Waals surface area contributed by atoms with Gasteiger partial charge in [0.05, 0.1) is 6.61 Å². The largest absolute Gasteiger partial charge is 0.381 e. The van der Waals surface area contributed by atoms with Gasteiger partial charge in [0.1, 0.15) is 0 Å². The van der Waals surface area contributed by atoms with Gasteiger partial charge in [-0.05, 0) is 37.6 Å². The molecule has 1 fully saturated rings. The molecule has 1 aromatic carbocycles. The Hall–Kier alpha value is -1.20. The minimum absolute atomic E-state index is 0.0318. The summed E-state index contributed by atoms with van der Waals surface area (Å²) in [6.45, 7) is 11.6. The number of hydrogen-bond donors (Lipinski definition) is 1. The van der Waals surface area contributed by atoms with Crippen molar-refractivity contribution in [2.75, 3.05) is 31.6 Å². The molecular weight excluding hydrogens is 308 g/mol. The zero-order chi connectivity index (χ0) is 16.9. The van der Waals surface area contributed by atoms with E-state index in [1.165, 1.54) is 4.90 Å². The van der Waals surface area contributed by atoms with Gasteiger partial charge < -0.3 is 15.0 Å². The smallest absolute Gasteiger partial charge is 0.321 e. The average Bonchev–Trinajstić information content (AvgIpc) is 2.98. The van der Waals surface area contributed by atoms with Gasteiger partial charge in [0.2, 0.25) is 0 Å². The third kappa shape index (κ3) is 6.07. The van der Waals surface area contributed by atoms with Crippen LogP contribution in [0.4, 0.5) is 10.5 Å². The van der Waals surface area contributed by atoms with E-state index in [0.29, 0.717) is 12.5 Å². The van der Waals surface area contributed by atoms with E-state index >= 15 is 0 Å². The predicted molar refractivity (Wildman–Crippen MR) is 97.2 cm³/mol. The number of nitrogens with zero attached hydrogens (tertiary/aromatic N) is 1. The lowest BCUT2D eigenvalue weighted by molar-refractivity contribution is 0.171. The molecule has 2 rings (SSSR count). The second-order valence-corrected chi connectivity index (χ2v) is 8.84. The highest BCUT2D eigenvalue weighted by Crippen LogP contribution is 2.32. The van der Waals surface area contributed by atoms with E-state index in [4.69, 9.17) is 4.74 Å². The molecule has 1 aromatic rings. The number of urea groups is 1. The molecule has 1 aliphatic rings. The number of thioether (sulfide) groups is 1. The van der Waals surface area contributed by atoms with Gasteiger partial charge in [-0.15, -0.1) is 11.8 Å². The minimum Gasteiger partial charge on any atom is -0.381 e. The molecule has 0 unspecified atom stereocenters. The summed E-state index contributed by atoms with van der Waals surface area (Å²) in [6, 6.07) is 8.03. The maximum Gasteiger partial charge on any atom is 0.321 e. The highest BCUT2D eigenvalue weighted by molar-refractivity contribution is 8.00. The normalized spacial score (nSPS) is 18.0. The number of hydrogen-bond acceptors (Lipinski definition) is 3. The van der Waals surface area contributed by atoms with Crippen LogP contribution < -0.4 is 5.32 Å². The SMILES string of the molecule is CCN(C[C@H]1CCOC1)C(=O)Nc1ccc(SC(C)(C)C)cc1. The van der Waals surface area contributed by atoms with Crippen LogP contribution in [-0.4, -0.2) is 42.0 Å². The van der Waals surface area contributed by atoms with Gasteiger partial charge in [-0.25, -0.2) is 4.79 Å². The molecule has 0 spiro atoms. The topological polar surface area (TPSA) is 41.6 Å². The molecule has 23 heavy (non-hydrogen) atoms. The molecule has 1 aliphatic heterocycles. The quantitative estimate of drug-likeness (QED) is 0.807. The number of anilines is 1. The first-order valence-electron chi connectivity index (χ1n) is 8.30. The first-order chi connectivity index (χ1) is 10.9. The zero-order valence-electron chi connectivity index (χ0n) is 14.6. The third-order valence-corrected chi connectivity index (χ3v) is 4.82. The lowest BCUT2D eigenvalue weighted by Gasteiger charge is -2.24. The van der Waals surface area contributed by atoms with Gasteiger partial charge in [0.15, 0.2) is 0 Å². The van der Waals surface area contributed by atoms with Crippen LogP contribution in [0.15, 0.2) is 29.2 Å². The Labute approximate surface area is 144 Å². The molecule has 128 valence electrons. The van der Waals surface area contributed by atoms with Gasteiger partial charge in [-0.2, -0.15) is 0 Å². The molecular formula is C18H28N2O2S. The van der Waals surface area contributed by atoms with Gasteiger partial charge in [-0.3, -0.25) is 0 Å². The second-order valence-electron chi connectivity index (χ2n) is 6.94. The predicted octanol–water partition coefficient (Wildman–Crippen LogP) is 4.47. The van der Waals surface area contributed by atoms with E-state index in [9.17, 15) is 4.79 Å². The van der Waals surface area contributed by atoms with Crippen LogP contribution in [0.2, 0.25) is 0 Å². The summed E-state index contributed by atoms with van der Waals surface area (Å²) >= 11 is 1.82. The van der Waals surface area contributed by atoms with Crippen molar-refractivity contribution in [1.29, 1.82) is 0 Å². The van der Waals surface area contributed by atoms with Crippen LogP contribution in [0.3, 0.4) is 0 Å². The summed E-state index contributed by atoms with van der Waals surface area (Å²) < 4.78 is 5.58. The van der Waals surface area contributed by atoms with Crippen molar-refractivity contribution in [3.63, 3.8) is 0 Å². The summed E-state index contributed by atoms with van der Waals surface area (Å²) in [6.07, 6.45) is 1.04. The molecule has 2 amide bonds. The van der Waals surface area contributed by atoms with Gasteiger partial charge in [-0.1, -0.05) is 20.8 Å². The Morgan fingerprint density at radius 1 is 1.35 bits per heavy atom. The number of carbonyl (C=O) groups is 1. The fourth-order valence-electron chi connectivity index (χ4n) is 2.56. The minimum atomic E-state index is -0.0318. The maximum absolute atomic E-state index is 12.4. The molecule has 0 aliphatic carbocycles. The van der Waals surface area contributed by atoms with Crippen molar-refractivity contribution < 1.29 is 9.53 Å². The van der Waals surface area contributed by atoms with Crippen LogP contribution in [0, 0.1) is 5.92 Å². The molecule has 0 saturated carbocycles. The van der Waals surface area contributed by atoms with Crippen LogP contribution in [0.25, 0.3) is 0 Å². The first kappa shape index (κ1) is 18.1. The van der Waals surface area contributed by atoms with Crippen LogP contribution in [0.1, 0.15) is 34.1 Å². The molecule has 5 heteroatoms. The number of rotatable bonds is 5. The monoisotopic (exact) mass is 336 g/mol. The molecule has 1 N–H and O–H groups in total. The lowest BCUT2D eigenvalue weighted by atomic mass is 10.1. The molecule has 0 radical (unpaired) electrons. The van der Waals surface area contributed by atoms with E-state index in [2.05, 4.69) is 38.2 Å². The van der Waals surface area contributed by atoms with Gasteiger partial charge in [0.25, 0.3) is 0 Å². The first-order valence-corrected chi connectivity index (χ1v) is 9.12. The number of benzene rings is 1. The van der Waals surface area contributed by atoms with Crippen molar-refractivity contribution in [2.24, 2.45) is 5.92 Å². The standard InChI is InChI=1S/C18H28N2O2S/c1-5-20(12-14-10-11-22-13-14)17(21)19-15-6-8-16(9-7-15)23-18(2,3)4/h6-9,14H,5,10-13H2,1-4H3,(H,19,21)/t14-/m1/s1. The number of nitrogens with one attached hydrogen (secondary N) is 1. The Kier molecular flexibility index (Phi) is 6.36. The highest BCUT2D eigenvalue weighted by Gasteiger charge is 2.21. The Morgan fingerprint density at radius 3 is 2.57 bits per heavy atom. The number of ether oxygens (including phenoxy) is 1. The van der Waals surface area contributed by atoms with E-state index in [1.807, 2.05) is 35.7 Å². The van der Waals surface area contributed by atoms with E-state index in [1.54, 1.807) is 0 Å². The summed E-state index contributed by atoms with van der Waals surface area (Å²) in [4.78, 5) is 15.5. The summed E-state index contributed by atoms with van der Waals surface area (Å²) in [5.41, 5.74) is 0.842. The van der Waals surface area contributed by atoms with E-state index < -0.39 is 0 Å². The van der Waals surface area contributed by atoms with Crippen LogP contribution >= 0.6 is 11.8 Å². The molecule has 0 aromatic heterocycles. The lowest BCUT2D eigenvalue weighted by Crippen LogP contribution is -2.38. The summed E-state index contributed by atoms with van der Waals surface area (Å²) in [5.74, 6) is 0.464. The number of carbonyl (C=O) groups excluding carboxylic acids is 1. The van der Waals surface area contributed by atoms with Crippen LogP contribution in [-0.2, 0) is 4.74 Å². The van der Waals surface area contributed by atoms with Crippen molar-refractivity contribution in [3.05, 3.63) is 24.3 Å². The Morgan fingerprint density at radius 2 is 2.04 bits per heavy atom. The Bertz CT molecular complexity index is 505. The molecule has 0 bridgehead atoms. The molecule has 1 saturated heterocycles. The van der Waals surface area contributed by atoms with Crippen molar-refractivity contribution in [3.8, 4) is 0 Å². The van der Waals surface area contributed by atoms with Crippen molar-refractivity contribution in [2.45, 2.75) is 43.8 Å². The fraction of sp³-hybridized carbons (Fsp3) is 0.611. The summed E-state index contributed by atoms with van der Waals surface area (Å²) in [5, 5.41) is 2.99. The fourth-order valence-corrected chi connectivity index (χ4v) is 3.54. The number of amides is 2. The maximum atomic E-state index is 12.4. The second kappa shape index (κ2) is 8.06. The summed E-state index contributed by atoms with van der Waals surface area (Å²) in [7, 11) is 0. The van der Waals surface area contributed by atoms with Crippen LogP contribution in [0.5, 0.6) is 0 Å². The zero-order valence-corrected chi connectivity index (χ0v) is 15.4. The average molecular weight is 337 g/mol. The van der Waals surface area contributed by atoms with E-state index in [0.717, 1.165) is 31.9 Å². The molecule has 4 nitrogen and oxygen atoms in total. The van der Waals surface area contributed by atoms with Crippen molar-refractivity contribution >= 4 is 23.5 Å².